The molecule has 0 aliphatic rings. The van der Waals surface area contributed by atoms with Crippen LogP contribution in [0.1, 0.15) is 20.8 Å². The molecule has 0 aromatic rings. The van der Waals surface area contributed by atoms with Crippen LogP contribution < -0.4 is 5.32 Å². The number of carbonyl (C=O) groups is 2. The lowest BCUT2D eigenvalue weighted by atomic mass is 10.2. The van der Waals surface area contributed by atoms with Gasteiger partial charge in [0.1, 0.15) is 0 Å². The van der Waals surface area contributed by atoms with Crippen molar-refractivity contribution in [2.75, 3.05) is 6.61 Å². The maximum atomic E-state index is 11.1. The molecule has 76 valence electrons. The van der Waals surface area contributed by atoms with Gasteiger partial charge in [-0.1, -0.05) is 0 Å². The number of hydrogen-bond acceptors (Lipinski definition) is 4. The van der Waals surface area contributed by atoms with Crippen LogP contribution in [0.3, 0.4) is 0 Å². The van der Waals surface area contributed by atoms with Crippen LogP contribution in [0.15, 0.2) is 0 Å². The Morgan fingerprint density at radius 3 is 2.38 bits per heavy atom. The van der Waals surface area contributed by atoms with Crippen LogP contribution in [0.4, 0.5) is 0 Å². The molecule has 0 saturated heterocycles. The highest BCUT2D eigenvalue weighted by Gasteiger charge is 2.25. The third kappa shape index (κ3) is 4.47. The van der Waals surface area contributed by atoms with Gasteiger partial charge in [-0.05, 0) is 13.8 Å². The fourth-order valence-electron chi connectivity index (χ4n) is 0.827. The predicted octanol–water partition coefficient (Wildman–Crippen LogP) is -0.565. The zero-order valence-corrected chi connectivity index (χ0v) is 8.03. The summed E-state index contributed by atoms with van der Waals surface area (Å²) < 4.78 is 4.65. The first-order valence-electron chi connectivity index (χ1n) is 4.10. The summed E-state index contributed by atoms with van der Waals surface area (Å²) in [6.07, 6.45) is -0.956. The lowest BCUT2D eigenvalue weighted by molar-refractivity contribution is -0.150. The van der Waals surface area contributed by atoms with Gasteiger partial charge in [-0.15, -0.1) is 0 Å². The molecule has 0 saturated carbocycles. The molecule has 5 nitrogen and oxygen atoms in total. The van der Waals surface area contributed by atoms with Crippen LogP contribution in [0.5, 0.6) is 0 Å². The van der Waals surface area contributed by atoms with Gasteiger partial charge in [-0.3, -0.25) is 4.79 Å². The van der Waals surface area contributed by atoms with Gasteiger partial charge in [0, 0.05) is 6.92 Å². The third-order valence-corrected chi connectivity index (χ3v) is 1.38. The molecule has 0 spiro atoms. The fourth-order valence-corrected chi connectivity index (χ4v) is 0.827. The van der Waals surface area contributed by atoms with Crippen LogP contribution in [0.2, 0.25) is 0 Å². The lowest BCUT2D eigenvalue weighted by Gasteiger charge is -2.18. The highest BCUT2D eigenvalue weighted by Crippen LogP contribution is 1.96. The molecule has 1 amide bonds. The summed E-state index contributed by atoms with van der Waals surface area (Å²) in [5.41, 5.74) is 0. The number of rotatable bonds is 4. The van der Waals surface area contributed by atoms with Gasteiger partial charge in [-0.25, -0.2) is 4.79 Å². The fraction of sp³-hybridized carbons (Fsp3) is 0.750. The summed E-state index contributed by atoms with van der Waals surface area (Å²) in [6.45, 7) is 4.57. The smallest absolute Gasteiger partial charge is 0.331 e. The minimum absolute atomic E-state index is 0.224. The Hall–Kier alpha value is -1.10. The van der Waals surface area contributed by atoms with Gasteiger partial charge in [0.15, 0.2) is 6.04 Å². The van der Waals surface area contributed by atoms with E-state index in [-0.39, 0.29) is 12.5 Å². The van der Waals surface area contributed by atoms with E-state index < -0.39 is 18.1 Å². The van der Waals surface area contributed by atoms with Crippen LogP contribution in [-0.4, -0.2) is 35.7 Å². The second-order valence-electron chi connectivity index (χ2n) is 2.67. The zero-order valence-electron chi connectivity index (χ0n) is 8.03. The molecule has 0 bridgehead atoms. The van der Waals surface area contributed by atoms with Crippen LogP contribution in [0.25, 0.3) is 0 Å². The SMILES string of the molecule is CCOC(=O)[C@@H](NC(C)=O)[C@@H](C)O. The molecule has 2 atom stereocenters. The van der Waals surface area contributed by atoms with Crippen molar-refractivity contribution >= 4 is 11.9 Å². The average molecular weight is 189 g/mol. The maximum absolute atomic E-state index is 11.1. The quantitative estimate of drug-likeness (QED) is 0.581. The molecular formula is C8H15NO4. The number of aliphatic hydroxyl groups excluding tert-OH is 1. The van der Waals surface area contributed by atoms with Gasteiger partial charge in [0.05, 0.1) is 12.7 Å². The molecule has 0 rings (SSSR count). The molecule has 0 aliphatic carbocycles. The Morgan fingerprint density at radius 2 is 2.08 bits per heavy atom. The molecular weight excluding hydrogens is 174 g/mol. The molecule has 13 heavy (non-hydrogen) atoms. The summed E-state index contributed by atoms with van der Waals surface area (Å²) in [5.74, 6) is -0.994. The number of amides is 1. The van der Waals surface area contributed by atoms with Gasteiger partial charge in [0.2, 0.25) is 5.91 Å². The largest absolute Gasteiger partial charge is 0.464 e. The highest BCUT2D eigenvalue weighted by atomic mass is 16.5. The molecule has 0 heterocycles. The summed E-state index contributed by atoms with van der Waals surface area (Å²) in [7, 11) is 0. The van der Waals surface area contributed by atoms with E-state index in [1.165, 1.54) is 13.8 Å². The number of aliphatic hydroxyl groups is 1. The van der Waals surface area contributed by atoms with E-state index in [2.05, 4.69) is 10.1 Å². The van der Waals surface area contributed by atoms with Crippen molar-refractivity contribution in [2.24, 2.45) is 0 Å². The Kier molecular flexibility index (Phi) is 5.06. The standard InChI is InChI=1S/C8H15NO4/c1-4-13-8(12)7(5(2)10)9-6(3)11/h5,7,10H,4H2,1-3H3,(H,9,11)/t5-,7+/m1/s1. The van der Waals surface area contributed by atoms with E-state index in [9.17, 15) is 9.59 Å². The Morgan fingerprint density at radius 1 is 1.54 bits per heavy atom. The van der Waals surface area contributed by atoms with Gasteiger partial charge in [-0.2, -0.15) is 0 Å². The number of nitrogens with one attached hydrogen (secondary N) is 1. The molecule has 5 heteroatoms. The molecule has 0 radical (unpaired) electrons. The molecule has 0 aromatic carbocycles. The van der Waals surface area contributed by atoms with Crippen LogP contribution >= 0.6 is 0 Å². The summed E-state index contributed by atoms with van der Waals surface area (Å²) in [4.78, 5) is 21.8. The van der Waals surface area contributed by atoms with E-state index >= 15 is 0 Å². The first kappa shape index (κ1) is 11.9. The van der Waals surface area contributed by atoms with E-state index in [4.69, 9.17) is 5.11 Å². The Balaban J connectivity index is 4.24. The van der Waals surface area contributed by atoms with Crippen molar-refractivity contribution in [3.05, 3.63) is 0 Å². The van der Waals surface area contributed by atoms with Crippen molar-refractivity contribution in [3.63, 3.8) is 0 Å². The number of hydrogen-bond donors (Lipinski definition) is 2. The number of ether oxygens (including phenoxy) is 1. The molecule has 0 unspecified atom stereocenters. The maximum Gasteiger partial charge on any atom is 0.331 e. The minimum atomic E-state index is -0.975. The van der Waals surface area contributed by atoms with Gasteiger partial charge >= 0.3 is 5.97 Å². The third-order valence-electron chi connectivity index (χ3n) is 1.38. The van der Waals surface area contributed by atoms with Crippen molar-refractivity contribution in [1.29, 1.82) is 0 Å². The normalized spacial score (nSPS) is 14.5. The summed E-state index contributed by atoms with van der Waals surface area (Å²) in [5, 5.41) is 11.4. The zero-order chi connectivity index (χ0) is 10.4. The van der Waals surface area contributed by atoms with Gasteiger partial charge < -0.3 is 15.2 Å². The van der Waals surface area contributed by atoms with Crippen molar-refractivity contribution in [1.82, 2.24) is 5.32 Å². The molecule has 2 N–H and O–H groups in total. The first-order chi connectivity index (χ1) is 5.99. The van der Waals surface area contributed by atoms with Crippen molar-refractivity contribution in [3.8, 4) is 0 Å². The predicted molar refractivity (Wildman–Crippen MR) is 45.9 cm³/mol. The molecule has 0 fully saturated rings. The second-order valence-corrected chi connectivity index (χ2v) is 2.67. The molecule has 0 aliphatic heterocycles. The van der Waals surface area contributed by atoms with Crippen LogP contribution in [0, 0.1) is 0 Å². The van der Waals surface area contributed by atoms with E-state index in [1.807, 2.05) is 0 Å². The lowest BCUT2D eigenvalue weighted by Crippen LogP contribution is -2.47. The Bertz CT molecular complexity index is 191. The minimum Gasteiger partial charge on any atom is -0.464 e. The Labute approximate surface area is 77.1 Å². The van der Waals surface area contributed by atoms with Gasteiger partial charge in [0.25, 0.3) is 0 Å². The summed E-state index contributed by atoms with van der Waals surface area (Å²) >= 11 is 0. The van der Waals surface area contributed by atoms with Crippen LogP contribution in [-0.2, 0) is 14.3 Å². The second kappa shape index (κ2) is 5.53. The van der Waals surface area contributed by atoms with E-state index in [0.717, 1.165) is 0 Å². The summed E-state index contributed by atoms with van der Waals surface area (Å²) in [6, 6.07) is -0.975. The number of esters is 1. The first-order valence-corrected chi connectivity index (χ1v) is 4.10. The number of carbonyl (C=O) groups excluding carboxylic acids is 2. The van der Waals surface area contributed by atoms with Crippen molar-refractivity contribution < 1.29 is 19.4 Å². The van der Waals surface area contributed by atoms with Crippen molar-refractivity contribution in [2.45, 2.75) is 32.9 Å². The monoisotopic (exact) mass is 189 g/mol. The topological polar surface area (TPSA) is 75.6 Å². The average Bonchev–Trinajstić information content (AvgIpc) is 1.99. The highest BCUT2D eigenvalue weighted by molar-refractivity contribution is 5.83. The van der Waals surface area contributed by atoms with E-state index in [1.54, 1.807) is 6.92 Å². The molecule has 0 aromatic heterocycles. The van der Waals surface area contributed by atoms with E-state index in [0.29, 0.717) is 0 Å².